The molecule has 2 rings (SSSR count). The number of hydrogen-bond acceptors (Lipinski definition) is 7. The molecule has 1 amide bonds. The Balaban J connectivity index is 1.87. The van der Waals surface area contributed by atoms with Gasteiger partial charge in [-0.1, -0.05) is 47.0 Å². The maximum absolute atomic E-state index is 12.3. The molecule has 0 unspecified atom stereocenters. The number of amides is 1. The van der Waals surface area contributed by atoms with Crippen LogP contribution in [0.5, 0.6) is 5.75 Å². The molecule has 24 heavy (non-hydrogen) atoms. The first-order chi connectivity index (χ1) is 11.5. The summed E-state index contributed by atoms with van der Waals surface area (Å²) in [5, 5.41) is 10.9. The lowest BCUT2D eigenvalue weighted by molar-refractivity contribution is -0.115. The number of hydrogen-bond donors (Lipinski definition) is 1. The number of rotatable bonds is 8. The van der Waals surface area contributed by atoms with Crippen molar-refractivity contribution in [3.8, 4) is 5.75 Å². The molecule has 1 heterocycles. The van der Waals surface area contributed by atoms with Gasteiger partial charge >= 0.3 is 0 Å². The Morgan fingerprint density at radius 2 is 2.00 bits per heavy atom. The van der Waals surface area contributed by atoms with Gasteiger partial charge < -0.3 is 10.1 Å². The van der Waals surface area contributed by atoms with Gasteiger partial charge in [0.25, 0.3) is 0 Å². The van der Waals surface area contributed by atoms with E-state index in [2.05, 4.69) is 22.1 Å². The largest absolute Gasteiger partial charge is 0.497 e. The third-order valence-corrected chi connectivity index (χ3v) is 6.31. The predicted octanol–water partition coefficient (Wildman–Crippen LogP) is 4.33. The van der Waals surface area contributed by atoms with E-state index in [1.54, 1.807) is 18.9 Å². The van der Waals surface area contributed by atoms with Gasteiger partial charge in [-0.2, -0.15) is 0 Å². The highest BCUT2D eigenvalue weighted by Crippen LogP contribution is 2.32. The molecule has 0 aliphatic rings. The summed E-state index contributed by atoms with van der Waals surface area (Å²) in [7, 11) is 1.61. The Morgan fingerprint density at radius 1 is 1.33 bits per heavy atom. The van der Waals surface area contributed by atoms with Crippen molar-refractivity contribution >= 4 is 46.5 Å². The zero-order valence-corrected chi connectivity index (χ0v) is 16.2. The number of ether oxygens (including phenoxy) is 1. The highest BCUT2D eigenvalue weighted by molar-refractivity contribution is 8.04. The summed E-state index contributed by atoms with van der Waals surface area (Å²) in [5.74, 6) is 1.51. The standard InChI is InChI=1S/C16H19N3O2S3/c1-10(2)9-22-15-18-19-16(24-15)23-11(3)14(20)17-12-5-7-13(21-4)8-6-12/h5-8,11H,1,9H2,2-4H3,(H,17,20)/t11-/m1/s1. The van der Waals surface area contributed by atoms with E-state index < -0.39 is 0 Å². The van der Waals surface area contributed by atoms with E-state index in [0.717, 1.165) is 31.4 Å². The van der Waals surface area contributed by atoms with E-state index in [9.17, 15) is 4.79 Å². The first-order valence-corrected chi connectivity index (χ1v) is 9.88. The number of anilines is 1. The second kappa shape index (κ2) is 9.10. The second-order valence-electron chi connectivity index (χ2n) is 5.06. The Kier molecular flexibility index (Phi) is 7.14. The zero-order chi connectivity index (χ0) is 17.5. The highest BCUT2D eigenvalue weighted by atomic mass is 32.2. The number of methoxy groups -OCH3 is 1. The SMILES string of the molecule is C=C(C)CSc1nnc(S[C@H](C)C(=O)Nc2ccc(OC)cc2)s1. The number of carbonyl (C=O) groups excluding carboxylic acids is 1. The van der Waals surface area contributed by atoms with Gasteiger partial charge in [0.1, 0.15) is 5.75 Å². The number of benzene rings is 1. The van der Waals surface area contributed by atoms with Crippen molar-refractivity contribution < 1.29 is 9.53 Å². The van der Waals surface area contributed by atoms with Crippen molar-refractivity contribution in [2.24, 2.45) is 0 Å². The maximum atomic E-state index is 12.3. The third-order valence-electron chi connectivity index (χ3n) is 2.83. The molecule has 1 N–H and O–H groups in total. The fourth-order valence-corrected chi connectivity index (χ4v) is 4.62. The van der Waals surface area contributed by atoms with Crippen LogP contribution in [0.1, 0.15) is 13.8 Å². The molecule has 0 bridgehead atoms. The van der Waals surface area contributed by atoms with E-state index in [1.165, 1.54) is 23.1 Å². The minimum atomic E-state index is -0.265. The lowest BCUT2D eigenvalue weighted by atomic mass is 10.3. The summed E-state index contributed by atoms with van der Waals surface area (Å²) in [6.07, 6.45) is 0. The van der Waals surface area contributed by atoms with E-state index in [4.69, 9.17) is 4.74 Å². The van der Waals surface area contributed by atoms with E-state index in [-0.39, 0.29) is 11.2 Å². The molecule has 5 nitrogen and oxygen atoms in total. The smallest absolute Gasteiger partial charge is 0.237 e. The van der Waals surface area contributed by atoms with Crippen LogP contribution < -0.4 is 10.1 Å². The van der Waals surface area contributed by atoms with Gasteiger partial charge in [-0.05, 0) is 38.1 Å². The zero-order valence-electron chi connectivity index (χ0n) is 13.7. The summed E-state index contributed by atoms with van der Waals surface area (Å²) in [6.45, 7) is 7.70. The van der Waals surface area contributed by atoms with E-state index in [1.807, 2.05) is 38.1 Å². The van der Waals surface area contributed by atoms with Gasteiger partial charge in [0, 0.05) is 11.4 Å². The lowest BCUT2D eigenvalue weighted by Crippen LogP contribution is -2.22. The summed E-state index contributed by atoms with van der Waals surface area (Å²) in [4.78, 5) is 12.3. The minimum absolute atomic E-state index is 0.0727. The van der Waals surface area contributed by atoms with Crippen LogP contribution in [0.15, 0.2) is 45.1 Å². The fraction of sp³-hybridized carbons (Fsp3) is 0.312. The van der Waals surface area contributed by atoms with E-state index >= 15 is 0 Å². The number of aromatic nitrogens is 2. The van der Waals surface area contributed by atoms with Gasteiger partial charge in [0.15, 0.2) is 8.68 Å². The average molecular weight is 382 g/mol. The van der Waals surface area contributed by atoms with Crippen LogP contribution in [0.2, 0.25) is 0 Å². The molecule has 0 fully saturated rings. The Labute approximate surface area is 154 Å². The van der Waals surface area contributed by atoms with Crippen LogP contribution in [-0.4, -0.2) is 34.2 Å². The quantitative estimate of drug-likeness (QED) is 0.542. The molecule has 0 aliphatic carbocycles. The van der Waals surface area contributed by atoms with Crippen molar-refractivity contribution in [1.29, 1.82) is 0 Å². The van der Waals surface area contributed by atoms with Gasteiger partial charge in [0.2, 0.25) is 5.91 Å². The molecule has 128 valence electrons. The molecule has 0 aliphatic heterocycles. The monoisotopic (exact) mass is 381 g/mol. The molecule has 1 atom stereocenters. The normalized spacial score (nSPS) is 11.8. The van der Waals surface area contributed by atoms with Gasteiger partial charge in [-0.3, -0.25) is 4.79 Å². The number of thioether (sulfide) groups is 2. The molecule has 2 aromatic rings. The molecule has 0 saturated heterocycles. The van der Waals surface area contributed by atoms with Crippen LogP contribution >= 0.6 is 34.9 Å². The van der Waals surface area contributed by atoms with Crippen LogP contribution in [0.25, 0.3) is 0 Å². The average Bonchev–Trinajstić information content (AvgIpc) is 3.01. The fourth-order valence-electron chi connectivity index (χ4n) is 1.61. The second-order valence-corrected chi connectivity index (χ2v) is 8.85. The van der Waals surface area contributed by atoms with Crippen molar-refractivity contribution in [1.82, 2.24) is 10.2 Å². The summed E-state index contributed by atoms with van der Waals surface area (Å²) in [6, 6.07) is 7.24. The van der Waals surface area contributed by atoms with Crippen molar-refractivity contribution in [2.75, 3.05) is 18.2 Å². The molecule has 8 heteroatoms. The number of nitrogens with one attached hydrogen (secondary N) is 1. The third kappa shape index (κ3) is 5.85. The first kappa shape index (κ1) is 18.8. The number of carbonyl (C=O) groups is 1. The van der Waals surface area contributed by atoms with Crippen LogP contribution in [0, 0.1) is 0 Å². The first-order valence-electron chi connectivity index (χ1n) is 7.20. The van der Waals surface area contributed by atoms with Gasteiger partial charge in [-0.25, -0.2) is 0 Å². The number of nitrogens with zero attached hydrogens (tertiary/aromatic N) is 2. The lowest BCUT2D eigenvalue weighted by Gasteiger charge is -2.10. The minimum Gasteiger partial charge on any atom is -0.497 e. The van der Waals surface area contributed by atoms with Crippen LogP contribution in [0.3, 0.4) is 0 Å². The molecule has 0 radical (unpaired) electrons. The van der Waals surface area contributed by atoms with E-state index in [0.29, 0.717) is 0 Å². The Bertz CT molecular complexity index is 701. The molecular weight excluding hydrogens is 362 g/mol. The van der Waals surface area contributed by atoms with Crippen LogP contribution in [0.4, 0.5) is 5.69 Å². The highest BCUT2D eigenvalue weighted by Gasteiger charge is 2.17. The van der Waals surface area contributed by atoms with Gasteiger partial charge in [0.05, 0.1) is 12.4 Å². The Morgan fingerprint density at radius 3 is 2.62 bits per heavy atom. The van der Waals surface area contributed by atoms with Crippen molar-refractivity contribution in [2.45, 2.75) is 27.8 Å². The predicted molar refractivity (Wildman–Crippen MR) is 102 cm³/mol. The summed E-state index contributed by atoms with van der Waals surface area (Å²) >= 11 is 4.51. The van der Waals surface area contributed by atoms with Gasteiger partial charge in [-0.15, -0.1) is 10.2 Å². The summed E-state index contributed by atoms with van der Waals surface area (Å²) < 4.78 is 6.78. The van der Waals surface area contributed by atoms with Crippen molar-refractivity contribution in [3.05, 3.63) is 36.4 Å². The molecule has 1 aromatic heterocycles. The molecule has 0 saturated carbocycles. The Hall–Kier alpha value is -1.51. The molecular formula is C16H19N3O2S3. The topological polar surface area (TPSA) is 64.1 Å². The van der Waals surface area contributed by atoms with Crippen molar-refractivity contribution in [3.63, 3.8) is 0 Å². The molecule has 0 spiro atoms. The van der Waals surface area contributed by atoms with Crippen LogP contribution in [-0.2, 0) is 4.79 Å². The molecule has 1 aromatic carbocycles. The summed E-state index contributed by atoms with van der Waals surface area (Å²) in [5.41, 5.74) is 1.83. The maximum Gasteiger partial charge on any atom is 0.237 e.